The molecule has 1 saturated heterocycles. The first kappa shape index (κ1) is 21.9. The van der Waals surface area contributed by atoms with Gasteiger partial charge in [0.15, 0.2) is 5.96 Å². The van der Waals surface area contributed by atoms with E-state index in [1.165, 1.54) is 0 Å². The van der Waals surface area contributed by atoms with Gasteiger partial charge in [0.25, 0.3) is 0 Å². The van der Waals surface area contributed by atoms with Crippen LogP contribution >= 0.6 is 24.0 Å². The third-order valence-electron chi connectivity index (χ3n) is 3.60. The maximum atomic E-state index is 9.48. The van der Waals surface area contributed by atoms with Gasteiger partial charge in [0.2, 0.25) is 0 Å². The van der Waals surface area contributed by atoms with Gasteiger partial charge in [-0.1, -0.05) is 0 Å². The van der Waals surface area contributed by atoms with E-state index in [2.05, 4.69) is 34.4 Å². The van der Waals surface area contributed by atoms with Crippen LogP contribution in [0.5, 0.6) is 0 Å². The SMILES string of the molecule is CCNC(=NCCCN1CCC(O)CC1)NC(C)COC.I. The minimum atomic E-state index is -0.0916. The van der Waals surface area contributed by atoms with Gasteiger partial charge in [-0.2, -0.15) is 0 Å². The monoisotopic (exact) mass is 428 g/mol. The van der Waals surface area contributed by atoms with Gasteiger partial charge in [0.1, 0.15) is 0 Å². The van der Waals surface area contributed by atoms with Gasteiger partial charge in [-0.15, -0.1) is 24.0 Å². The van der Waals surface area contributed by atoms with Gasteiger partial charge >= 0.3 is 0 Å². The number of nitrogens with zero attached hydrogens (tertiary/aromatic N) is 2. The lowest BCUT2D eigenvalue weighted by molar-refractivity contribution is 0.0824. The second-order valence-electron chi connectivity index (χ2n) is 5.69. The number of nitrogens with one attached hydrogen (secondary N) is 2. The fourth-order valence-corrected chi connectivity index (χ4v) is 2.47. The zero-order valence-electron chi connectivity index (χ0n) is 14.2. The molecule has 7 heteroatoms. The van der Waals surface area contributed by atoms with Crippen LogP contribution in [-0.2, 0) is 4.74 Å². The number of methoxy groups -OCH3 is 1. The maximum absolute atomic E-state index is 9.48. The van der Waals surface area contributed by atoms with Crippen molar-refractivity contribution in [3.8, 4) is 0 Å². The van der Waals surface area contributed by atoms with Crippen molar-refractivity contribution in [2.45, 2.75) is 45.3 Å². The van der Waals surface area contributed by atoms with Crippen molar-refractivity contribution in [1.82, 2.24) is 15.5 Å². The number of aliphatic hydroxyl groups is 1. The molecule has 3 N–H and O–H groups in total. The third kappa shape index (κ3) is 9.81. The first-order valence-corrected chi connectivity index (χ1v) is 8.10. The summed E-state index contributed by atoms with van der Waals surface area (Å²) < 4.78 is 5.12. The highest BCUT2D eigenvalue weighted by atomic mass is 127. The molecule has 0 amide bonds. The number of rotatable bonds is 8. The summed E-state index contributed by atoms with van der Waals surface area (Å²) in [4.78, 5) is 7.01. The standard InChI is InChI=1S/C15H32N4O2.HI/c1-4-16-15(18-13(2)12-21-3)17-8-5-9-19-10-6-14(20)7-11-19;/h13-14,20H,4-12H2,1-3H3,(H2,16,17,18);1H. The Bertz CT molecular complexity index is 297. The van der Waals surface area contributed by atoms with Crippen molar-refractivity contribution in [2.24, 2.45) is 4.99 Å². The number of likely N-dealkylation sites (tertiary alicyclic amines) is 1. The summed E-state index contributed by atoms with van der Waals surface area (Å²) in [7, 11) is 1.71. The molecule has 6 nitrogen and oxygen atoms in total. The molecule has 0 aliphatic carbocycles. The first-order chi connectivity index (χ1) is 10.2. The van der Waals surface area contributed by atoms with Crippen LogP contribution in [0.4, 0.5) is 0 Å². The van der Waals surface area contributed by atoms with E-state index in [1.54, 1.807) is 7.11 Å². The van der Waals surface area contributed by atoms with Crippen molar-refractivity contribution in [2.75, 3.05) is 46.4 Å². The van der Waals surface area contributed by atoms with Gasteiger partial charge in [-0.05, 0) is 39.7 Å². The molecule has 0 aromatic heterocycles. The normalized spacial score (nSPS) is 18.6. The van der Waals surface area contributed by atoms with Crippen molar-refractivity contribution >= 4 is 29.9 Å². The van der Waals surface area contributed by atoms with Gasteiger partial charge in [-0.3, -0.25) is 4.99 Å². The Morgan fingerprint density at radius 3 is 2.68 bits per heavy atom. The largest absolute Gasteiger partial charge is 0.393 e. The highest BCUT2D eigenvalue weighted by Gasteiger charge is 2.15. The van der Waals surface area contributed by atoms with E-state index in [0.717, 1.165) is 57.9 Å². The van der Waals surface area contributed by atoms with Gasteiger partial charge in [0.05, 0.1) is 12.7 Å². The lowest BCUT2D eigenvalue weighted by atomic mass is 10.1. The molecule has 1 unspecified atom stereocenters. The lowest BCUT2D eigenvalue weighted by Crippen LogP contribution is -2.44. The predicted molar refractivity (Wildman–Crippen MR) is 102 cm³/mol. The van der Waals surface area contributed by atoms with Crippen LogP contribution in [0.15, 0.2) is 4.99 Å². The number of guanidine groups is 1. The average Bonchev–Trinajstić information content (AvgIpc) is 2.46. The molecule has 0 saturated carbocycles. The molecule has 1 fully saturated rings. The fourth-order valence-electron chi connectivity index (χ4n) is 2.47. The Morgan fingerprint density at radius 1 is 1.41 bits per heavy atom. The Kier molecular flexibility index (Phi) is 13.3. The first-order valence-electron chi connectivity index (χ1n) is 8.10. The highest BCUT2D eigenvalue weighted by molar-refractivity contribution is 14.0. The minimum Gasteiger partial charge on any atom is -0.393 e. The molecule has 1 heterocycles. The molecule has 1 aliphatic heterocycles. The number of aliphatic hydroxyl groups excluding tert-OH is 1. The Morgan fingerprint density at radius 2 is 2.09 bits per heavy atom. The molecule has 0 radical (unpaired) electrons. The van der Waals surface area contributed by atoms with E-state index >= 15 is 0 Å². The molecule has 0 aromatic rings. The summed E-state index contributed by atoms with van der Waals surface area (Å²) in [5, 5.41) is 16.1. The Hall–Kier alpha value is -0.120. The molecule has 0 bridgehead atoms. The van der Waals surface area contributed by atoms with Crippen LogP contribution in [0.25, 0.3) is 0 Å². The van der Waals surface area contributed by atoms with Crippen LogP contribution in [-0.4, -0.2) is 74.6 Å². The summed E-state index contributed by atoms with van der Waals surface area (Å²) >= 11 is 0. The summed E-state index contributed by atoms with van der Waals surface area (Å²) in [5.74, 6) is 0.858. The highest BCUT2D eigenvalue weighted by Crippen LogP contribution is 2.09. The Labute approximate surface area is 152 Å². The van der Waals surface area contributed by atoms with Crippen molar-refractivity contribution in [1.29, 1.82) is 0 Å². The number of hydrogen-bond donors (Lipinski definition) is 3. The van der Waals surface area contributed by atoms with Crippen LogP contribution in [0.1, 0.15) is 33.1 Å². The second kappa shape index (κ2) is 13.3. The van der Waals surface area contributed by atoms with Crippen LogP contribution < -0.4 is 10.6 Å². The minimum absolute atomic E-state index is 0. The molecule has 22 heavy (non-hydrogen) atoms. The predicted octanol–water partition coefficient (Wildman–Crippen LogP) is 1.04. The van der Waals surface area contributed by atoms with E-state index in [1.807, 2.05) is 0 Å². The number of piperidine rings is 1. The average molecular weight is 428 g/mol. The van der Waals surface area contributed by atoms with E-state index in [9.17, 15) is 5.11 Å². The second-order valence-corrected chi connectivity index (χ2v) is 5.69. The summed E-state index contributed by atoms with van der Waals surface area (Å²) in [5.41, 5.74) is 0. The summed E-state index contributed by atoms with van der Waals surface area (Å²) in [6.45, 7) is 9.56. The molecule has 1 atom stereocenters. The third-order valence-corrected chi connectivity index (χ3v) is 3.60. The quantitative estimate of drug-likeness (QED) is 0.233. The smallest absolute Gasteiger partial charge is 0.191 e. The number of ether oxygens (including phenoxy) is 1. The molecule has 1 rings (SSSR count). The van der Waals surface area contributed by atoms with E-state index in [0.29, 0.717) is 6.61 Å². The fraction of sp³-hybridized carbons (Fsp3) is 0.933. The molecule has 0 aromatic carbocycles. The van der Waals surface area contributed by atoms with Crippen LogP contribution in [0.2, 0.25) is 0 Å². The molecular formula is C15H33IN4O2. The molecule has 132 valence electrons. The molecular weight excluding hydrogens is 395 g/mol. The van der Waals surface area contributed by atoms with Crippen LogP contribution in [0, 0.1) is 0 Å². The maximum Gasteiger partial charge on any atom is 0.191 e. The molecule has 0 spiro atoms. The topological polar surface area (TPSA) is 69.1 Å². The van der Waals surface area contributed by atoms with E-state index in [-0.39, 0.29) is 36.1 Å². The number of aliphatic imine (C=N–C) groups is 1. The van der Waals surface area contributed by atoms with Crippen molar-refractivity contribution < 1.29 is 9.84 Å². The molecule has 1 aliphatic rings. The van der Waals surface area contributed by atoms with Gasteiger partial charge < -0.3 is 25.4 Å². The van der Waals surface area contributed by atoms with E-state index < -0.39 is 0 Å². The van der Waals surface area contributed by atoms with Crippen molar-refractivity contribution in [3.63, 3.8) is 0 Å². The Balaban J connectivity index is 0.00000441. The van der Waals surface area contributed by atoms with Crippen LogP contribution in [0.3, 0.4) is 0 Å². The van der Waals surface area contributed by atoms with E-state index in [4.69, 9.17) is 4.74 Å². The number of halogens is 1. The van der Waals surface area contributed by atoms with Crippen molar-refractivity contribution in [3.05, 3.63) is 0 Å². The van der Waals surface area contributed by atoms with Gasteiger partial charge in [-0.25, -0.2) is 0 Å². The summed E-state index contributed by atoms with van der Waals surface area (Å²) in [6, 6.07) is 0.247. The van der Waals surface area contributed by atoms with Gasteiger partial charge in [0, 0.05) is 39.3 Å². The lowest BCUT2D eigenvalue weighted by Gasteiger charge is -2.29. The number of hydrogen-bond acceptors (Lipinski definition) is 4. The zero-order valence-corrected chi connectivity index (χ0v) is 16.5. The zero-order chi connectivity index (χ0) is 15.5. The summed E-state index contributed by atoms with van der Waals surface area (Å²) in [6.07, 6.45) is 2.76.